The van der Waals surface area contributed by atoms with Crippen LogP contribution in [0.3, 0.4) is 0 Å². The predicted molar refractivity (Wildman–Crippen MR) is 74.8 cm³/mol. The van der Waals surface area contributed by atoms with Gasteiger partial charge in [0.15, 0.2) is 5.16 Å². The van der Waals surface area contributed by atoms with Crippen molar-refractivity contribution in [1.29, 1.82) is 0 Å². The molecule has 5 heteroatoms. The first kappa shape index (κ1) is 14.0. The zero-order valence-electron chi connectivity index (χ0n) is 11.2. The summed E-state index contributed by atoms with van der Waals surface area (Å²) in [7, 11) is 1.84. The van der Waals surface area contributed by atoms with Crippen LogP contribution in [0.5, 0.6) is 0 Å². The van der Waals surface area contributed by atoms with E-state index >= 15 is 0 Å². The first-order valence-corrected chi connectivity index (χ1v) is 6.83. The van der Waals surface area contributed by atoms with E-state index in [1.54, 1.807) is 12.1 Å². The van der Waals surface area contributed by atoms with Crippen LogP contribution in [0.15, 0.2) is 34.3 Å². The fraction of sp³-hybridized carbons (Fsp3) is 0.286. The van der Waals surface area contributed by atoms with E-state index in [1.807, 2.05) is 27.0 Å². The van der Waals surface area contributed by atoms with E-state index in [9.17, 15) is 4.39 Å². The Hall–Kier alpha value is -1.46. The second-order valence-corrected chi connectivity index (χ2v) is 5.33. The maximum absolute atomic E-state index is 13.3. The van der Waals surface area contributed by atoms with Gasteiger partial charge in [-0.05, 0) is 62.5 Å². The molecule has 0 saturated heterocycles. The number of hydrogen-bond acceptors (Lipinski definition) is 4. The molecule has 2 rings (SSSR count). The van der Waals surface area contributed by atoms with Crippen LogP contribution in [0.1, 0.15) is 17.0 Å². The zero-order chi connectivity index (χ0) is 13.8. The van der Waals surface area contributed by atoms with Gasteiger partial charge in [0, 0.05) is 22.8 Å². The summed E-state index contributed by atoms with van der Waals surface area (Å²) < 4.78 is 13.3. The second kappa shape index (κ2) is 6.12. The quantitative estimate of drug-likeness (QED) is 0.871. The van der Waals surface area contributed by atoms with Crippen LogP contribution in [0.25, 0.3) is 0 Å². The standard InChI is InChI=1S/C14H16FN3S/c1-9-6-10(2)18-14(17-9)19-13-5-4-12(15)7-11(13)8-16-3/h4-7,16H,8H2,1-3H3. The molecule has 100 valence electrons. The molecular weight excluding hydrogens is 261 g/mol. The highest BCUT2D eigenvalue weighted by molar-refractivity contribution is 7.99. The molecule has 0 aliphatic heterocycles. The molecular formula is C14H16FN3S. The molecule has 0 bridgehead atoms. The minimum Gasteiger partial charge on any atom is -0.316 e. The van der Waals surface area contributed by atoms with Crippen LogP contribution >= 0.6 is 11.8 Å². The Morgan fingerprint density at radius 1 is 1.16 bits per heavy atom. The molecule has 0 fully saturated rings. The van der Waals surface area contributed by atoms with E-state index in [4.69, 9.17) is 0 Å². The summed E-state index contributed by atoms with van der Waals surface area (Å²) in [5.41, 5.74) is 2.79. The maximum Gasteiger partial charge on any atom is 0.192 e. The average molecular weight is 277 g/mol. The van der Waals surface area contributed by atoms with Gasteiger partial charge in [-0.2, -0.15) is 0 Å². The van der Waals surface area contributed by atoms with Crippen molar-refractivity contribution < 1.29 is 4.39 Å². The minimum atomic E-state index is -0.226. The van der Waals surface area contributed by atoms with Gasteiger partial charge in [0.2, 0.25) is 0 Å². The van der Waals surface area contributed by atoms with E-state index < -0.39 is 0 Å². The average Bonchev–Trinajstić information content (AvgIpc) is 2.32. The number of aromatic nitrogens is 2. The lowest BCUT2D eigenvalue weighted by atomic mass is 10.2. The molecule has 1 aromatic carbocycles. The minimum absolute atomic E-state index is 0.226. The normalized spacial score (nSPS) is 10.7. The summed E-state index contributed by atoms with van der Waals surface area (Å²) in [5, 5.41) is 3.74. The molecule has 0 atom stereocenters. The zero-order valence-corrected chi connectivity index (χ0v) is 12.0. The number of rotatable bonds is 4. The van der Waals surface area contributed by atoms with E-state index in [0.717, 1.165) is 21.8 Å². The molecule has 2 aromatic rings. The second-order valence-electron chi connectivity index (χ2n) is 4.32. The largest absolute Gasteiger partial charge is 0.316 e. The van der Waals surface area contributed by atoms with E-state index in [0.29, 0.717) is 11.7 Å². The first-order chi connectivity index (χ1) is 9.08. The number of hydrogen-bond donors (Lipinski definition) is 1. The lowest BCUT2D eigenvalue weighted by Crippen LogP contribution is -2.06. The van der Waals surface area contributed by atoms with Gasteiger partial charge in [-0.3, -0.25) is 0 Å². The SMILES string of the molecule is CNCc1cc(F)ccc1Sc1nc(C)cc(C)n1. The molecule has 0 radical (unpaired) electrons. The van der Waals surface area contributed by atoms with Crippen LogP contribution in [-0.4, -0.2) is 17.0 Å². The van der Waals surface area contributed by atoms with Crippen LogP contribution in [-0.2, 0) is 6.54 Å². The van der Waals surface area contributed by atoms with Crippen LogP contribution in [0.4, 0.5) is 4.39 Å². The molecule has 19 heavy (non-hydrogen) atoms. The van der Waals surface area contributed by atoms with Crippen molar-refractivity contribution >= 4 is 11.8 Å². The van der Waals surface area contributed by atoms with E-state index in [-0.39, 0.29) is 5.82 Å². The Bertz CT molecular complexity index is 567. The Morgan fingerprint density at radius 3 is 2.47 bits per heavy atom. The molecule has 0 aliphatic carbocycles. The van der Waals surface area contributed by atoms with Crippen molar-refractivity contribution in [2.45, 2.75) is 30.4 Å². The highest BCUT2D eigenvalue weighted by Gasteiger charge is 2.08. The predicted octanol–water partition coefficient (Wildman–Crippen LogP) is 3.10. The molecule has 0 spiro atoms. The molecule has 0 aliphatic rings. The lowest BCUT2D eigenvalue weighted by molar-refractivity contribution is 0.621. The maximum atomic E-state index is 13.3. The van der Waals surface area contributed by atoms with Crippen LogP contribution in [0, 0.1) is 19.7 Å². The molecule has 0 saturated carbocycles. The molecule has 0 amide bonds. The van der Waals surface area contributed by atoms with Gasteiger partial charge in [0.05, 0.1) is 0 Å². The van der Waals surface area contributed by atoms with E-state index in [2.05, 4.69) is 15.3 Å². The van der Waals surface area contributed by atoms with Crippen molar-refractivity contribution in [3.63, 3.8) is 0 Å². The molecule has 1 aromatic heterocycles. The topological polar surface area (TPSA) is 37.8 Å². The van der Waals surface area contributed by atoms with Gasteiger partial charge in [-0.25, -0.2) is 14.4 Å². The summed E-state index contributed by atoms with van der Waals surface area (Å²) in [4.78, 5) is 9.75. The monoisotopic (exact) mass is 277 g/mol. The van der Waals surface area contributed by atoms with Gasteiger partial charge >= 0.3 is 0 Å². The summed E-state index contributed by atoms with van der Waals surface area (Å²) in [6.07, 6.45) is 0. The number of nitrogens with zero attached hydrogens (tertiary/aromatic N) is 2. The van der Waals surface area contributed by atoms with Gasteiger partial charge in [0.25, 0.3) is 0 Å². The molecule has 3 nitrogen and oxygen atoms in total. The third-order valence-corrected chi connectivity index (χ3v) is 3.54. The third kappa shape index (κ3) is 3.75. The van der Waals surface area contributed by atoms with Crippen molar-refractivity contribution in [3.8, 4) is 0 Å². The Balaban J connectivity index is 2.31. The highest BCUT2D eigenvalue weighted by Crippen LogP contribution is 2.28. The molecule has 1 N–H and O–H groups in total. The van der Waals surface area contributed by atoms with E-state index in [1.165, 1.54) is 17.8 Å². The Kier molecular flexibility index (Phi) is 4.50. The lowest BCUT2D eigenvalue weighted by Gasteiger charge is -2.09. The van der Waals surface area contributed by atoms with Gasteiger partial charge in [-0.1, -0.05) is 0 Å². The Labute approximate surface area is 116 Å². The van der Waals surface area contributed by atoms with Crippen molar-refractivity contribution in [3.05, 3.63) is 47.0 Å². The van der Waals surface area contributed by atoms with Crippen molar-refractivity contribution in [1.82, 2.24) is 15.3 Å². The Morgan fingerprint density at radius 2 is 1.84 bits per heavy atom. The summed E-state index contributed by atoms with van der Waals surface area (Å²) >= 11 is 1.46. The summed E-state index contributed by atoms with van der Waals surface area (Å²) in [6, 6.07) is 6.71. The van der Waals surface area contributed by atoms with Crippen LogP contribution < -0.4 is 5.32 Å². The molecule has 1 heterocycles. The van der Waals surface area contributed by atoms with Gasteiger partial charge in [0.1, 0.15) is 5.82 Å². The molecule has 0 unspecified atom stereocenters. The highest BCUT2D eigenvalue weighted by atomic mass is 32.2. The number of aryl methyl sites for hydroxylation is 2. The third-order valence-electron chi connectivity index (χ3n) is 2.55. The van der Waals surface area contributed by atoms with Crippen LogP contribution in [0.2, 0.25) is 0 Å². The fourth-order valence-electron chi connectivity index (χ4n) is 1.81. The summed E-state index contributed by atoms with van der Waals surface area (Å²) in [5.74, 6) is -0.226. The number of benzene rings is 1. The van der Waals surface area contributed by atoms with Crippen molar-refractivity contribution in [2.75, 3.05) is 7.05 Å². The number of nitrogens with one attached hydrogen (secondary N) is 1. The van der Waals surface area contributed by atoms with Gasteiger partial charge in [-0.15, -0.1) is 0 Å². The van der Waals surface area contributed by atoms with Gasteiger partial charge < -0.3 is 5.32 Å². The first-order valence-electron chi connectivity index (χ1n) is 6.01. The summed E-state index contributed by atoms with van der Waals surface area (Å²) in [6.45, 7) is 4.50. The number of halogens is 1. The smallest absolute Gasteiger partial charge is 0.192 e. The fourth-order valence-corrected chi connectivity index (χ4v) is 2.79. The van der Waals surface area contributed by atoms with Crippen molar-refractivity contribution in [2.24, 2.45) is 0 Å².